The van der Waals surface area contributed by atoms with Crippen LogP contribution in [-0.2, 0) is 4.74 Å². The van der Waals surface area contributed by atoms with Gasteiger partial charge in [0.25, 0.3) is 0 Å². The zero-order valence-electron chi connectivity index (χ0n) is 9.80. The minimum absolute atomic E-state index is 0. The summed E-state index contributed by atoms with van der Waals surface area (Å²) in [5, 5.41) is 2.73. The number of halogens is 1. The SMILES string of the molecule is CC(C)Oc1ccc([C@@H]2COC(=O)N2)cc1.Cl. The monoisotopic (exact) mass is 257 g/mol. The number of alkyl carbamates (subject to hydrolysis) is 1. The van der Waals surface area contributed by atoms with Crippen molar-refractivity contribution >= 4 is 18.5 Å². The first kappa shape index (κ1) is 13.6. The summed E-state index contributed by atoms with van der Waals surface area (Å²) in [6.45, 7) is 4.36. The lowest BCUT2D eigenvalue weighted by atomic mass is 10.1. The Morgan fingerprint density at radius 3 is 2.47 bits per heavy atom. The van der Waals surface area contributed by atoms with Crippen molar-refractivity contribution < 1.29 is 14.3 Å². The number of nitrogens with one attached hydrogen (secondary N) is 1. The van der Waals surface area contributed by atoms with E-state index < -0.39 is 0 Å². The summed E-state index contributed by atoms with van der Waals surface area (Å²) in [6.07, 6.45) is -0.187. The molecule has 1 aromatic rings. The first-order valence-electron chi connectivity index (χ1n) is 5.35. The molecule has 0 unspecified atom stereocenters. The van der Waals surface area contributed by atoms with Gasteiger partial charge >= 0.3 is 6.09 Å². The number of rotatable bonds is 3. The third-order valence-corrected chi connectivity index (χ3v) is 2.33. The molecule has 0 radical (unpaired) electrons. The van der Waals surface area contributed by atoms with Crippen LogP contribution in [0.5, 0.6) is 5.75 Å². The summed E-state index contributed by atoms with van der Waals surface area (Å²) in [4.78, 5) is 10.9. The maximum atomic E-state index is 10.9. The molecular formula is C12H16ClNO3. The molecule has 0 bridgehead atoms. The molecule has 1 aliphatic heterocycles. The van der Waals surface area contributed by atoms with Crippen molar-refractivity contribution in [2.45, 2.75) is 26.0 Å². The molecule has 2 rings (SSSR count). The molecule has 17 heavy (non-hydrogen) atoms. The average molecular weight is 258 g/mol. The lowest BCUT2D eigenvalue weighted by molar-refractivity contribution is 0.177. The molecule has 0 aliphatic carbocycles. The van der Waals surface area contributed by atoms with Gasteiger partial charge in [-0.25, -0.2) is 4.79 Å². The summed E-state index contributed by atoms with van der Waals surface area (Å²) in [5.41, 5.74) is 1.03. The number of benzene rings is 1. The molecule has 1 fully saturated rings. The number of hydrogen-bond donors (Lipinski definition) is 1. The highest BCUT2D eigenvalue weighted by atomic mass is 35.5. The lowest BCUT2D eigenvalue weighted by Crippen LogP contribution is -2.18. The zero-order valence-corrected chi connectivity index (χ0v) is 10.6. The molecular weight excluding hydrogens is 242 g/mol. The van der Waals surface area contributed by atoms with Crippen LogP contribution >= 0.6 is 12.4 Å². The molecule has 1 aromatic carbocycles. The van der Waals surface area contributed by atoms with Crippen LogP contribution in [0.4, 0.5) is 4.79 Å². The van der Waals surface area contributed by atoms with Crippen molar-refractivity contribution in [3.63, 3.8) is 0 Å². The van der Waals surface area contributed by atoms with Crippen molar-refractivity contribution in [1.82, 2.24) is 5.32 Å². The molecule has 0 spiro atoms. The van der Waals surface area contributed by atoms with Crippen molar-refractivity contribution in [2.24, 2.45) is 0 Å². The third-order valence-electron chi connectivity index (χ3n) is 2.33. The molecule has 1 amide bonds. The van der Waals surface area contributed by atoms with E-state index in [4.69, 9.17) is 9.47 Å². The highest BCUT2D eigenvalue weighted by Crippen LogP contribution is 2.21. The molecule has 1 heterocycles. The summed E-state index contributed by atoms with van der Waals surface area (Å²) in [5.74, 6) is 0.837. The highest BCUT2D eigenvalue weighted by molar-refractivity contribution is 5.85. The predicted octanol–water partition coefficient (Wildman–Crippen LogP) is 2.68. The van der Waals surface area contributed by atoms with Gasteiger partial charge in [0.05, 0.1) is 12.1 Å². The van der Waals surface area contributed by atoms with E-state index in [-0.39, 0.29) is 30.6 Å². The van der Waals surface area contributed by atoms with Gasteiger partial charge < -0.3 is 14.8 Å². The molecule has 1 saturated heterocycles. The molecule has 5 heteroatoms. The highest BCUT2D eigenvalue weighted by Gasteiger charge is 2.23. The fourth-order valence-electron chi connectivity index (χ4n) is 1.62. The number of amides is 1. The second-order valence-electron chi connectivity index (χ2n) is 4.03. The van der Waals surface area contributed by atoms with E-state index >= 15 is 0 Å². The number of carbonyl (C=O) groups excluding carboxylic acids is 1. The van der Waals surface area contributed by atoms with E-state index in [0.717, 1.165) is 11.3 Å². The second kappa shape index (κ2) is 5.77. The predicted molar refractivity (Wildman–Crippen MR) is 66.7 cm³/mol. The van der Waals surface area contributed by atoms with Crippen LogP contribution in [0.3, 0.4) is 0 Å². The van der Waals surface area contributed by atoms with Gasteiger partial charge in [0.15, 0.2) is 0 Å². The van der Waals surface area contributed by atoms with Gasteiger partial charge in [0, 0.05) is 0 Å². The van der Waals surface area contributed by atoms with Crippen LogP contribution in [0.2, 0.25) is 0 Å². The van der Waals surface area contributed by atoms with Gasteiger partial charge in [-0.2, -0.15) is 0 Å². The minimum Gasteiger partial charge on any atom is -0.491 e. The summed E-state index contributed by atoms with van der Waals surface area (Å²) in [6, 6.07) is 7.65. The lowest BCUT2D eigenvalue weighted by Gasteiger charge is -2.11. The molecule has 94 valence electrons. The van der Waals surface area contributed by atoms with Crippen LogP contribution in [0, 0.1) is 0 Å². The first-order valence-corrected chi connectivity index (χ1v) is 5.35. The molecule has 0 aromatic heterocycles. The van der Waals surface area contributed by atoms with Gasteiger partial charge in [0.2, 0.25) is 0 Å². The number of ether oxygens (including phenoxy) is 2. The Labute approximate surface area is 107 Å². The van der Waals surface area contributed by atoms with E-state index in [1.54, 1.807) is 0 Å². The maximum absolute atomic E-state index is 10.9. The Kier molecular flexibility index (Phi) is 4.63. The quantitative estimate of drug-likeness (QED) is 0.906. The smallest absolute Gasteiger partial charge is 0.407 e. The standard InChI is InChI=1S/C12H15NO3.ClH/c1-8(2)16-10-5-3-9(4-6-10)11-7-15-12(14)13-11;/h3-6,8,11H,7H2,1-2H3,(H,13,14);1H/t11-;/m0./s1. The molecule has 1 aliphatic rings. The molecule has 4 nitrogen and oxygen atoms in total. The summed E-state index contributed by atoms with van der Waals surface area (Å²) < 4.78 is 10.4. The van der Waals surface area contributed by atoms with Crippen molar-refractivity contribution in [3.8, 4) is 5.75 Å². The van der Waals surface area contributed by atoms with Crippen LogP contribution in [-0.4, -0.2) is 18.8 Å². The van der Waals surface area contributed by atoms with E-state index in [9.17, 15) is 4.79 Å². The number of hydrogen-bond acceptors (Lipinski definition) is 3. The molecule has 0 saturated carbocycles. The average Bonchev–Trinajstić information content (AvgIpc) is 2.65. The van der Waals surface area contributed by atoms with E-state index in [0.29, 0.717) is 6.61 Å². The summed E-state index contributed by atoms with van der Waals surface area (Å²) >= 11 is 0. The normalized spacial score (nSPS) is 18.3. The van der Waals surface area contributed by atoms with Gasteiger partial charge in [-0.05, 0) is 31.5 Å². The Bertz CT molecular complexity index is 378. The van der Waals surface area contributed by atoms with E-state index in [1.807, 2.05) is 38.1 Å². The maximum Gasteiger partial charge on any atom is 0.407 e. The fraction of sp³-hybridized carbons (Fsp3) is 0.417. The molecule has 1 N–H and O–H groups in total. The van der Waals surface area contributed by atoms with Crippen LogP contribution in [0.25, 0.3) is 0 Å². The van der Waals surface area contributed by atoms with Crippen LogP contribution in [0.1, 0.15) is 25.5 Å². The van der Waals surface area contributed by atoms with E-state index in [2.05, 4.69) is 5.32 Å². The van der Waals surface area contributed by atoms with Crippen LogP contribution < -0.4 is 10.1 Å². The Balaban J connectivity index is 0.00000144. The van der Waals surface area contributed by atoms with E-state index in [1.165, 1.54) is 0 Å². The Morgan fingerprint density at radius 1 is 1.35 bits per heavy atom. The van der Waals surface area contributed by atoms with Gasteiger partial charge in [0.1, 0.15) is 12.4 Å². The second-order valence-corrected chi connectivity index (χ2v) is 4.03. The largest absolute Gasteiger partial charge is 0.491 e. The topological polar surface area (TPSA) is 47.6 Å². The van der Waals surface area contributed by atoms with Crippen molar-refractivity contribution in [2.75, 3.05) is 6.61 Å². The zero-order chi connectivity index (χ0) is 11.5. The number of carbonyl (C=O) groups is 1. The van der Waals surface area contributed by atoms with Crippen LogP contribution in [0.15, 0.2) is 24.3 Å². The summed E-state index contributed by atoms with van der Waals surface area (Å²) in [7, 11) is 0. The Hall–Kier alpha value is -1.42. The third kappa shape index (κ3) is 3.53. The van der Waals surface area contributed by atoms with Gasteiger partial charge in [-0.1, -0.05) is 12.1 Å². The Morgan fingerprint density at radius 2 is 2.00 bits per heavy atom. The fourth-order valence-corrected chi connectivity index (χ4v) is 1.62. The van der Waals surface area contributed by atoms with Gasteiger partial charge in [-0.15, -0.1) is 12.4 Å². The van der Waals surface area contributed by atoms with Gasteiger partial charge in [-0.3, -0.25) is 0 Å². The first-order chi connectivity index (χ1) is 7.65. The van der Waals surface area contributed by atoms with Crippen molar-refractivity contribution in [1.29, 1.82) is 0 Å². The number of cyclic esters (lactones) is 1. The minimum atomic E-state index is -0.354. The van der Waals surface area contributed by atoms with Crippen molar-refractivity contribution in [3.05, 3.63) is 29.8 Å². The molecule has 1 atom stereocenters.